The Morgan fingerprint density at radius 2 is 2.27 bits per heavy atom. The summed E-state index contributed by atoms with van der Waals surface area (Å²) in [7, 11) is 1.50. The second kappa shape index (κ2) is 6.48. The summed E-state index contributed by atoms with van der Waals surface area (Å²) in [5.74, 6) is -0.145. The highest BCUT2D eigenvalue weighted by Crippen LogP contribution is 2.20. The molecule has 3 nitrogen and oxygen atoms in total. The highest BCUT2D eigenvalue weighted by molar-refractivity contribution is 7.98. The number of rotatable bonds is 5. The minimum atomic E-state index is -0.145. The molecule has 0 saturated heterocycles. The van der Waals surface area contributed by atoms with Crippen molar-refractivity contribution in [2.45, 2.75) is 4.90 Å². The number of methoxy groups -OCH3 is 1. The van der Waals surface area contributed by atoms with Crippen molar-refractivity contribution < 1.29 is 9.53 Å². The molecule has 0 aliphatic heterocycles. The van der Waals surface area contributed by atoms with Crippen LogP contribution in [-0.4, -0.2) is 25.9 Å². The van der Waals surface area contributed by atoms with Gasteiger partial charge in [0.2, 0.25) is 5.91 Å². The van der Waals surface area contributed by atoms with Crippen LogP contribution in [0.1, 0.15) is 5.56 Å². The second-order valence-corrected chi connectivity index (χ2v) is 3.73. The number of hydrogen-bond acceptors (Lipinski definition) is 3. The average Bonchev–Trinajstić information content (AvgIpc) is 2.27. The van der Waals surface area contributed by atoms with Gasteiger partial charge in [-0.3, -0.25) is 4.79 Å². The molecule has 0 heterocycles. The summed E-state index contributed by atoms with van der Waals surface area (Å²) in [4.78, 5) is 12.3. The van der Waals surface area contributed by atoms with Gasteiger partial charge in [-0.1, -0.05) is 18.2 Å². The Labute approximate surface area is 94.2 Å². The number of hydrogen-bond donors (Lipinski definition) is 1. The average molecular weight is 224 g/mol. The van der Waals surface area contributed by atoms with Crippen molar-refractivity contribution in [2.75, 3.05) is 20.0 Å². The predicted octanol–water partition coefficient (Wildman–Crippen LogP) is 1.68. The van der Waals surface area contributed by atoms with Crippen molar-refractivity contribution in [3.63, 3.8) is 0 Å². The van der Waals surface area contributed by atoms with E-state index in [0.717, 1.165) is 10.5 Å². The molecule has 1 aromatic carbocycles. The van der Waals surface area contributed by atoms with Crippen molar-refractivity contribution in [3.8, 4) is 0 Å². The molecule has 0 aliphatic carbocycles. The van der Waals surface area contributed by atoms with Crippen LogP contribution in [0.15, 0.2) is 29.2 Å². The van der Waals surface area contributed by atoms with E-state index >= 15 is 0 Å². The largest absolute Gasteiger partial charge is 0.375 e. The fourth-order valence-corrected chi connectivity index (χ4v) is 1.69. The van der Waals surface area contributed by atoms with Crippen LogP contribution in [0.4, 0.5) is 0 Å². The maximum Gasteiger partial charge on any atom is 0.246 e. The minimum Gasteiger partial charge on any atom is -0.375 e. The van der Waals surface area contributed by atoms with Gasteiger partial charge < -0.3 is 10.1 Å². The van der Waals surface area contributed by atoms with Gasteiger partial charge in [0.1, 0.15) is 6.61 Å². The predicted molar refractivity (Wildman–Crippen MR) is 61.6 cm³/mol. The van der Waals surface area contributed by atoms with Crippen LogP contribution in [-0.2, 0) is 9.53 Å². The molecule has 0 spiro atoms. The number of thioether (sulfide) groups is 1. The third-order valence-electron chi connectivity index (χ3n) is 1.80. The van der Waals surface area contributed by atoms with Crippen LogP contribution in [0.2, 0.25) is 0 Å². The minimum absolute atomic E-state index is 0.0813. The maximum absolute atomic E-state index is 11.1. The smallest absolute Gasteiger partial charge is 0.246 e. The Balaban J connectivity index is 2.53. The summed E-state index contributed by atoms with van der Waals surface area (Å²) in [6, 6.07) is 7.88. The summed E-state index contributed by atoms with van der Waals surface area (Å²) in [5.41, 5.74) is 1.01. The van der Waals surface area contributed by atoms with Crippen molar-refractivity contribution in [3.05, 3.63) is 36.4 Å². The van der Waals surface area contributed by atoms with E-state index < -0.39 is 0 Å². The second-order valence-electron chi connectivity index (χ2n) is 2.89. The highest BCUT2D eigenvalue weighted by Gasteiger charge is 2.03. The molecule has 81 valence electrons. The summed E-state index contributed by atoms with van der Waals surface area (Å²) in [6.07, 6.45) is 2.00. The molecular weight excluding hydrogens is 210 g/mol. The molecule has 1 N–H and O–H groups in total. The Kier molecular flexibility index (Phi) is 5.21. The zero-order chi connectivity index (χ0) is 11.1. The summed E-state index contributed by atoms with van der Waals surface area (Å²) >= 11 is 1.65. The molecule has 1 amide bonds. The van der Waals surface area contributed by atoms with Crippen LogP contribution in [0.25, 0.3) is 0 Å². The summed E-state index contributed by atoms with van der Waals surface area (Å²) in [5, 5.41) is 2.67. The summed E-state index contributed by atoms with van der Waals surface area (Å²) in [6.45, 7) is 1.78. The lowest BCUT2D eigenvalue weighted by molar-refractivity contribution is -0.124. The molecule has 0 atom stereocenters. The normalized spacial score (nSPS) is 10.0. The van der Waals surface area contributed by atoms with E-state index in [1.54, 1.807) is 18.3 Å². The molecule has 1 aromatic rings. The van der Waals surface area contributed by atoms with Crippen LogP contribution < -0.4 is 5.32 Å². The SMILES string of the molecule is COCC(=O)N[CH]c1ccccc1SC. The zero-order valence-electron chi connectivity index (χ0n) is 8.82. The van der Waals surface area contributed by atoms with Crippen molar-refractivity contribution in [1.82, 2.24) is 5.32 Å². The van der Waals surface area contributed by atoms with Crippen LogP contribution in [0.5, 0.6) is 0 Å². The first kappa shape index (κ1) is 12.1. The number of carbonyl (C=O) groups excluding carboxylic acids is 1. The van der Waals surface area contributed by atoms with Crippen LogP contribution >= 0.6 is 11.8 Å². The Morgan fingerprint density at radius 3 is 2.93 bits per heavy atom. The van der Waals surface area contributed by atoms with E-state index in [1.807, 2.05) is 30.5 Å². The molecule has 4 heteroatoms. The lowest BCUT2D eigenvalue weighted by Crippen LogP contribution is -2.25. The van der Waals surface area contributed by atoms with E-state index in [9.17, 15) is 4.79 Å². The number of carbonyl (C=O) groups is 1. The van der Waals surface area contributed by atoms with Gasteiger partial charge in [0.05, 0.1) is 6.54 Å². The number of benzene rings is 1. The molecule has 0 fully saturated rings. The molecule has 1 radical (unpaired) electrons. The van der Waals surface area contributed by atoms with Crippen molar-refractivity contribution in [2.24, 2.45) is 0 Å². The van der Waals surface area contributed by atoms with Gasteiger partial charge in [-0.25, -0.2) is 0 Å². The fourth-order valence-electron chi connectivity index (χ4n) is 1.12. The first-order chi connectivity index (χ1) is 7.27. The number of ether oxygens (including phenoxy) is 1. The summed E-state index contributed by atoms with van der Waals surface area (Å²) < 4.78 is 4.71. The first-order valence-electron chi connectivity index (χ1n) is 4.52. The van der Waals surface area contributed by atoms with E-state index in [0.29, 0.717) is 0 Å². The van der Waals surface area contributed by atoms with E-state index in [2.05, 4.69) is 5.32 Å². The fraction of sp³-hybridized carbons (Fsp3) is 0.273. The number of amides is 1. The van der Waals surface area contributed by atoms with Crippen LogP contribution in [0.3, 0.4) is 0 Å². The van der Waals surface area contributed by atoms with Gasteiger partial charge >= 0.3 is 0 Å². The third-order valence-corrected chi connectivity index (χ3v) is 2.61. The van der Waals surface area contributed by atoms with E-state index in [1.165, 1.54) is 7.11 Å². The molecule has 0 aliphatic rings. The molecule has 0 unspecified atom stereocenters. The third kappa shape index (κ3) is 3.93. The van der Waals surface area contributed by atoms with Crippen LogP contribution in [0, 0.1) is 6.54 Å². The Morgan fingerprint density at radius 1 is 1.53 bits per heavy atom. The van der Waals surface area contributed by atoms with E-state index in [4.69, 9.17) is 4.74 Å². The molecule has 0 saturated carbocycles. The molecule has 0 bridgehead atoms. The monoisotopic (exact) mass is 224 g/mol. The molecule has 15 heavy (non-hydrogen) atoms. The molecule has 0 aromatic heterocycles. The topological polar surface area (TPSA) is 38.3 Å². The van der Waals surface area contributed by atoms with Crippen molar-refractivity contribution in [1.29, 1.82) is 0 Å². The van der Waals surface area contributed by atoms with Gasteiger partial charge in [0.25, 0.3) is 0 Å². The van der Waals surface area contributed by atoms with Gasteiger partial charge in [0, 0.05) is 12.0 Å². The molecular formula is C11H14NO2S. The quantitative estimate of drug-likeness (QED) is 0.773. The standard InChI is InChI=1S/C11H14NO2S/c1-14-8-11(13)12-7-9-5-3-4-6-10(9)15-2/h3-7H,8H2,1-2H3,(H,12,13). The zero-order valence-corrected chi connectivity index (χ0v) is 9.64. The Bertz CT molecular complexity index is 328. The number of nitrogens with one attached hydrogen (secondary N) is 1. The highest BCUT2D eigenvalue weighted by atomic mass is 32.2. The lowest BCUT2D eigenvalue weighted by atomic mass is 10.2. The van der Waals surface area contributed by atoms with Gasteiger partial charge in [-0.2, -0.15) is 0 Å². The van der Waals surface area contributed by atoms with E-state index in [-0.39, 0.29) is 12.5 Å². The Hall–Kier alpha value is -1.00. The van der Waals surface area contributed by atoms with Gasteiger partial charge in [-0.05, 0) is 17.9 Å². The lowest BCUT2D eigenvalue weighted by Gasteiger charge is -2.07. The molecule has 1 rings (SSSR count). The van der Waals surface area contributed by atoms with Crippen molar-refractivity contribution >= 4 is 17.7 Å². The van der Waals surface area contributed by atoms with Gasteiger partial charge in [0.15, 0.2) is 0 Å². The first-order valence-corrected chi connectivity index (χ1v) is 5.75. The van der Waals surface area contributed by atoms with Gasteiger partial charge in [-0.15, -0.1) is 11.8 Å². The maximum atomic E-state index is 11.1.